The molecular weight excluding hydrogens is 346 g/mol. The molecule has 2 nitrogen and oxygen atoms in total. The summed E-state index contributed by atoms with van der Waals surface area (Å²) in [6.07, 6.45) is 0. The first kappa shape index (κ1) is 14.4. The summed E-state index contributed by atoms with van der Waals surface area (Å²) in [7, 11) is 0. The summed E-state index contributed by atoms with van der Waals surface area (Å²) in [5, 5.41) is 3.48. The summed E-state index contributed by atoms with van der Waals surface area (Å²) >= 11 is 10.7. The predicted octanol–water partition coefficient (Wildman–Crippen LogP) is 4.83. The number of carbonyl (C=O) groups is 1. The van der Waals surface area contributed by atoms with Gasteiger partial charge in [-0.2, -0.15) is 0 Å². The van der Waals surface area contributed by atoms with E-state index in [0.717, 1.165) is 15.1 Å². The first-order chi connectivity index (χ1) is 9.13. The molecule has 0 aliphatic rings. The van der Waals surface area contributed by atoms with Gasteiger partial charge >= 0.3 is 0 Å². The highest BCUT2D eigenvalue weighted by Crippen LogP contribution is 2.21. The molecule has 0 bridgehead atoms. The summed E-state index contributed by atoms with van der Waals surface area (Å²) in [6.45, 7) is 0. The van der Waals surface area contributed by atoms with E-state index in [2.05, 4.69) is 21.2 Å². The van der Waals surface area contributed by atoms with Gasteiger partial charge in [0.15, 0.2) is 0 Å². The molecule has 2 rings (SSSR count). The van der Waals surface area contributed by atoms with E-state index in [-0.39, 0.29) is 5.91 Å². The standard InChI is InChI=1S/C14H11BrClNOS/c15-10-1-7-13(8-2-10)19-9-14(18)17-12-5-3-11(16)4-6-12/h1-8H,9H2,(H,17,18). The number of amides is 1. The van der Waals surface area contributed by atoms with Crippen LogP contribution in [0, 0.1) is 0 Å². The number of hydrogen-bond acceptors (Lipinski definition) is 2. The second kappa shape index (κ2) is 6.98. The van der Waals surface area contributed by atoms with Crippen molar-refractivity contribution in [2.24, 2.45) is 0 Å². The Labute approximate surface area is 129 Å². The third-order valence-electron chi connectivity index (χ3n) is 2.31. The zero-order valence-corrected chi connectivity index (χ0v) is 13.1. The van der Waals surface area contributed by atoms with E-state index < -0.39 is 0 Å². The van der Waals surface area contributed by atoms with E-state index in [9.17, 15) is 4.79 Å². The molecule has 1 amide bonds. The lowest BCUT2D eigenvalue weighted by molar-refractivity contribution is -0.113. The van der Waals surface area contributed by atoms with E-state index in [0.29, 0.717) is 10.8 Å². The highest BCUT2D eigenvalue weighted by Gasteiger charge is 2.03. The molecule has 5 heteroatoms. The van der Waals surface area contributed by atoms with Gasteiger partial charge in [0, 0.05) is 20.1 Å². The van der Waals surface area contributed by atoms with Crippen LogP contribution in [0.15, 0.2) is 57.9 Å². The molecule has 0 atom stereocenters. The van der Waals surface area contributed by atoms with Gasteiger partial charge in [-0.3, -0.25) is 4.79 Å². The highest BCUT2D eigenvalue weighted by molar-refractivity contribution is 9.10. The van der Waals surface area contributed by atoms with Crippen molar-refractivity contribution in [3.05, 3.63) is 58.0 Å². The summed E-state index contributed by atoms with van der Waals surface area (Å²) in [5.74, 6) is 0.347. The van der Waals surface area contributed by atoms with Crippen LogP contribution >= 0.6 is 39.3 Å². The molecule has 0 aliphatic heterocycles. The lowest BCUT2D eigenvalue weighted by atomic mass is 10.3. The van der Waals surface area contributed by atoms with Crippen LogP contribution in [0.2, 0.25) is 5.02 Å². The van der Waals surface area contributed by atoms with Gasteiger partial charge in [-0.05, 0) is 48.5 Å². The van der Waals surface area contributed by atoms with Crippen LogP contribution in [0.25, 0.3) is 0 Å². The number of carbonyl (C=O) groups excluding carboxylic acids is 1. The monoisotopic (exact) mass is 355 g/mol. The van der Waals surface area contributed by atoms with Crippen molar-refractivity contribution < 1.29 is 4.79 Å². The van der Waals surface area contributed by atoms with Crippen molar-refractivity contribution in [1.82, 2.24) is 0 Å². The Morgan fingerprint density at radius 1 is 1.11 bits per heavy atom. The maximum Gasteiger partial charge on any atom is 0.234 e. The van der Waals surface area contributed by atoms with Crippen molar-refractivity contribution in [2.75, 3.05) is 11.1 Å². The molecule has 0 heterocycles. The van der Waals surface area contributed by atoms with Crippen LogP contribution < -0.4 is 5.32 Å². The van der Waals surface area contributed by atoms with E-state index in [1.165, 1.54) is 11.8 Å². The minimum absolute atomic E-state index is 0.0322. The number of rotatable bonds is 4. The topological polar surface area (TPSA) is 29.1 Å². The second-order valence-electron chi connectivity index (χ2n) is 3.80. The molecule has 0 unspecified atom stereocenters. The Kier molecular flexibility index (Phi) is 5.31. The maximum atomic E-state index is 11.8. The van der Waals surface area contributed by atoms with Gasteiger partial charge in [0.25, 0.3) is 0 Å². The highest BCUT2D eigenvalue weighted by atomic mass is 79.9. The largest absolute Gasteiger partial charge is 0.325 e. The van der Waals surface area contributed by atoms with Crippen LogP contribution in [0.5, 0.6) is 0 Å². The first-order valence-corrected chi connectivity index (χ1v) is 7.73. The zero-order valence-electron chi connectivity index (χ0n) is 9.90. The Morgan fingerprint density at radius 3 is 2.37 bits per heavy atom. The Morgan fingerprint density at radius 2 is 1.74 bits per heavy atom. The number of nitrogens with one attached hydrogen (secondary N) is 1. The van der Waals surface area contributed by atoms with Gasteiger partial charge in [0.05, 0.1) is 5.75 Å². The number of benzene rings is 2. The fourth-order valence-electron chi connectivity index (χ4n) is 1.41. The average molecular weight is 357 g/mol. The molecule has 0 saturated carbocycles. The normalized spacial score (nSPS) is 10.2. The minimum atomic E-state index is -0.0322. The molecular formula is C14H11BrClNOS. The Balaban J connectivity index is 1.84. The minimum Gasteiger partial charge on any atom is -0.325 e. The van der Waals surface area contributed by atoms with Gasteiger partial charge < -0.3 is 5.32 Å². The molecule has 98 valence electrons. The Hall–Kier alpha value is -0.970. The average Bonchev–Trinajstić information content (AvgIpc) is 2.41. The molecule has 0 spiro atoms. The van der Waals surface area contributed by atoms with E-state index in [1.54, 1.807) is 24.3 Å². The number of halogens is 2. The van der Waals surface area contributed by atoms with Crippen LogP contribution in [0.1, 0.15) is 0 Å². The smallest absolute Gasteiger partial charge is 0.234 e. The quantitative estimate of drug-likeness (QED) is 0.795. The number of anilines is 1. The van der Waals surface area contributed by atoms with Crippen molar-refractivity contribution in [2.45, 2.75) is 4.90 Å². The molecule has 0 radical (unpaired) electrons. The third kappa shape index (κ3) is 4.90. The van der Waals surface area contributed by atoms with E-state index >= 15 is 0 Å². The molecule has 0 fully saturated rings. The predicted molar refractivity (Wildman–Crippen MR) is 84.9 cm³/mol. The van der Waals surface area contributed by atoms with Crippen LogP contribution in [-0.2, 0) is 4.79 Å². The summed E-state index contributed by atoms with van der Waals surface area (Å²) in [5.41, 5.74) is 0.755. The number of hydrogen-bond donors (Lipinski definition) is 1. The summed E-state index contributed by atoms with van der Waals surface area (Å²) < 4.78 is 1.03. The molecule has 2 aromatic carbocycles. The zero-order chi connectivity index (χ0) is 13.7. The molecule has 0 aromatic heterocycles. The van der Waals surface area contributed by atoms with Crippen molar-refractivity contribution in [3.63, 3.8) is 0 Å². The fraction of sp³-hybridized carbons (Fsp3) is 0.0714. The lowest BCUT2D eigenvalue weighted by Gasteiger charge is -2.05. The summed E-state index contributed by atoms with van der Waals surface area (Å²) in [6, 6.07) is 14.9. The van der Waals surface area contributed by atoms with Crippen LogP contribution in [-0.4, -0.2) is 11.7 Å². The van der Waals surface area contributed by atoms with E-state index in [4.69, 9.17) is 11.6 Å². The lowest BCUT2D eigenvalue weighted by Crippen LogP contribution is -2.13. The first-order valence-electron chi connectivity index (χ1n) is 5.57. The Bertz CT molecular complexity index is 557. The molecule has 0 saturated heterocycles. The second-order valence-corrected chi connectivity index (χ2v) is 6.20. The van der Waals surface area contributed by atoms with Crippen molar-refractivity contribution in [3.8, 4) is 0 Å². The molecule has 19 heavy (non-hydrogen) atoms. The van der Waals surface area contributed by atoms with Gasteiger partial charge in [-0.1, -0.05) is 27.5 Å². The molecule has 1 N–H and O–H groups in total. The number of thioether (sulfide) groups is 1. The maximum absolute atomic E-state index is 11.8. The fourth-order valence-corrected chi connectivity index (χ4v) is 2.50. The van der Waals surface area contributed by atoms with Gasteiger partial charge in [0.2, 0.25) is 5.91 Å². The van der Waals surface area contributed by atoms with Gasteiger partial charge in [0.1, 0.15) is 0 Å². The molecule has 2 aromatic rings. The van der Waals surface area contributed by atoms with Crippen molar-refractivity contribution >= 4 is 50.9 Å². The van der Waals surface area contributed by atoms with Crippen LogP contribution in [0.4, 0.5) is 5.69 Å². The van der Waals surface area contributed by atoms with Gasteiger partial charge in [-0.15, -0.1) is 11.8 Å². The van der Waals surface area contributed by atoms with E-state index in [1.807, 2.05) is 24.3 Å². The molecule has 0 aliphatic carbocycles. The van der Waals surface area contributed by atoms with Crippen molar-refractivity contribution in [1.29, 1.82) is 0 Å². The third-order valence-corrected chi connectivity index (χ3v) is 4.10. The SMILES string of the molecule is O=C(CSc1ccc(Br)cc1)Nc1ccc(Cl)cc1. The van der Waals surface area contributed by atoms with Gasteiger partial charge in [-0.25, -0.2) is 0 Å². The van der Waals surface area contributed by atoms with Crippen LogP contribution in [0.3, 0.4) is 0 Å². The summed E-state index contributed by atoms with van der Waals surface area (Å²) in [4.78, 5) is 12.8.